The van der Waals surface area contributed by atoms with Gasteiger partial charge in [0.05, 0.1) is 11.0 Å². The minimum atomic E-state index is -0.122. The fourth-order valence-corrected chi connectivity index (χ4v) is 2.99. The molecule has 1 aromatic carbocycles. The second kappa shape index (κ2) is 6.65. The predicted octanol–water partition coefficient (Wildman–Crippen LogP) is 2.78. The third-order valence-corrected chi connectivity index (χ3v) is 4.35. The third kappa shape index (κ3) is 3.07. The lowest BCUT2D eigenvalue weighted by Crippen LogP contribution is -2.19. The van der Waals surface area contributed by atoms with Crippen LogP contribution in [0.15, 0.2) is 59.8 Å². The molecule has 0 radical (unpaired) electrons. The number of hydrogen-bond acceptors (Lipinski definition) is 4. The monoisotopic (exact) mass is 348 g/mol. The van der Waals surface area contributed by atoms with E-state index in [0.717, 1.165) is 34.5 Å². The van der Waals surface area contributed by atoms with Crippen molar-refractivity contribution in [3.63, 3.8) is 0 Å². The molecule has 0 amide bonds. The fraction of sp³-hybridized carbons (Fsp3) is 0.200. The minimum absolute atomic E-state index is 0.122. The second-order valence-electron chi connectivity index (χ2n) is 6.50. The van der Waals surface area contributed by atoms with Crippen molar-refractivity contribution in [3.8, 4) is 16.9 Å². The molecule has 0 aliphatic heterocycles. The molecule has 6 heteroatoms. The lowest BCUT2D eigenvalue weighted by atomic mass is 10.1. The number of likely N-dealkylation sites (N-methyl/N-ethyl adjacent to an activating group) is 1. The predicted molar refractivity (Wildman–Crippen MR) is 103 cm³/mol. The van der Waals surface area contributed by atoms with E-state index in [0.29, 0.717) is 12.1 Å². The molecular weight excluding hydrogens is 328 g/mol. The topological polar surface area (TPSA) is 62.6 Å². The van der Waals surface area contributed by atoms with Gasteiger partial charge in [-0.25, -0.2) is 0 Å². The van der Waals surface area contributed by atoms with Crippen molar-refractivity contribution in [2.24, 2.45) is 0 Å². The van der Waals surface area contributed by atoms with E-state index in [1.165, 1.54) is 0 Å². The molecule has 1 N–H and O–H groups in total. The number of fused-ring (bicyclic) bond motifs is 3. The zero-order valence-electron chi connectivity index (χ0n) is 14.8. The highest BCUT2D eigenvalue weighted by Gasteiger charge is 2.10. The average molecular weight is 348 g/mol. The van der Waals surface area contributed by atoms with E-state index < -0.39 is 0 Å². The molecule has 0 fully saturated rings. The molecular formula is C20H20N4O2. The molecule has 3 aromatic heterocycles. The molecule has 0 saturated carbocycles. The molecule has 0 bridgehead atoms. The van der Waals surface area contributed by atoms with E-state index in [1.54, 1.807) is 12.4 Å². The fourth-order valence-electron chi connectivity index (χ4n) is 2.99. The summed E-state index contributed by atoms with van der Waals surface area (Å²) in [5.74, 6) is 0.746. The van der Waals surface area contributed by atoms with Crippen LogP contribution < -0.4 is 10.3 Å². The average Bonchev–Trinajstić information content (AvgIpc) is 3.08. The van der Waals surface area contributed by atoms with Crippen molar-refractivity contribution in [2.45, 2.75) is 0 Å². The van der Waals surface area contributed by atoms with Gasteiger partial charge in [0.1, 0.15) is 17.9 Å². The number of nitrogens with one attached hydrogen (secondary N) is 1. The first-order valence-corrected chi connectivity index (χ1v) is 8.48. The number of rotatable bonds is 5. The number of pyridine rings is 1. The summed E-state index contributed by atoms with van der Waals surface area (Å²) in [5, 5.41) is 0. The van der Waals surface area contributed by atoms with Crippen molar-refractivity contribution >= 4 is 16.6 Å². The van der Waals surface area contributed by atoms with Crippen molar-refractivity contribution in [2.75, 3.05) is 27.2 Å². The second-order valence-corrected chi connectivity index (χ2v) is 6.50. The molecule has 26 heavy (non-hydrogen) atoms. The highest BCUT2D eigenvalue weighted by atomic mass is 16.5. The van der Waals surface area contributed by atoms with Crippen molar-refractivity contribution < 1.29 is 4.74 Å². The largest absolute Gasteiger partial charge is 0.492 e. The first-order valence-electron chi connectivity index (χ1n) is 8.48. The Bertz CT molecular complexity index is 1110. The standard InChI is InChI=1S/C20H20N4O2/c1-23(2)9-10-26-16-3-4-18-17(12-16)22-20(25)19-11-15(13-24(18)19)14-5-7-21-8-6-14/h3-8,11-13H,9-10H2,1-2H3,(H,22,25). The quantitative estimate of drug-likeness (QED) is 0.602. The maximum atomic E-state index is 12.5. The Morgan fingerprint density at radius 2 is 1.88 bits per heavy atom. The molecule has 3 heterocycles. The molecule has 0 spiro atoms. The van der Waals surface area contributed by atoms with Gasteiger partial charge in [-0.1, -0.05) is 0 Å². The Morgan fingerprint density at radius 3 is 2.65 bits per heavy atom. The molecule has 6 nitrogen and oxygen atoms in total. The van der Waals surface area contributed by atoms with Gasteiger partial charge in [0, 0.05) is 36.8 Å². The van der Waals surface area contributed by atoms with Crippen molar-refractivity contribution in [3.05, 3.63) is 65.3 Å². The van der Waals surface area contributed by atoms with Gasteiger partial charge in [-0.05, 0) is 50.0 Å². The third-order valence-electron chi connectivity index (χ3n) is 4.35. The number of benzene rings is 1. The summed E-state index contributed by atoms with van der Waals surface area (Å²) in [7, 11) is 4.01. The first-order chi connectivity index (χ1) is 12.6. The Hall–Kier alpha value is -3.12. The van der Waals surface area contributed by atoms with Crippen LogP contribution in [-0.2, 0) is 0 Å². The highest BCUT2D eigenvalue weighted by Crippen LogP contribution is 2.25. The number of H-pyrrole nitrogens is 1. The van der Waals surface area contributed by atoms with E-state index in [2.05, 4.69) is 14.9 Å². The number of hydrogen-bond donors (Lipinski definition) is 1. The van der Waals surface area contributed by atoms with Crippen LogP contribution in [0.25, 0.3) is 27.7 Å². The number of aromatic amines is 1. The normalized spacial score (nSPS) is 11.5. The smallest absolute Gasteiger partial charge is 0.272 e. The van der Waals surface area contributed by atoms with Gasteiger partial charge in [0.25, 0.3) is 5.56 Å². The molecule has 0 saturated heterocycles. The molecule has 132 valence electrons. The summed E-state index contributed by atoms with van der Waals surface area (Å²) in [4.78, 5) is 21.6. The van der Waals surface area contributed by atoms with Gasteiger partial charge in [-0.3, -0.25) is 9.78 Å². The Kier molecular flexibility index (Phi) is 4.18. The van der Waals surface area contributed by atoms with Gasteiger partial charge in [0.15, 0.2) is 0 Å². The summed E-state index contributed by atoms with van der Waals surface area (Å²) < 4.78 is 7.70. The Morgan fingerprint density at radius 1 is 1.08 bits per heavy atom. The molecule has 0 aliphatic rings. The number of aromatic nitrogens is 3. The van der Waals surface area contributed by atoms with Crippen LogP contribution in [-0.4, -0.2) is 46.5 Å². The minimum Gasteiger partial charge on any atom is -0.492 e. The van der Waals surface area contributed by atoms with Gasteiger partial charge >= 0.3 is 0 Å². The van der Waals surface area contributed by atoms with Crippen LogP contribution in [0.1, 0.15) is 0 Å². The van der Waals surface area contributed by atoms with E-state index in [-0.39, 0.29) is 5.56 Å². The summed E-state index contributed by atoms with van der Waals surface area (Å²) >= 11 is 0. The van der Waals surface area contributed by atoms with Gasteiger partial charge in [-0.2, -0.15) is 0 Å². The summed E-state index contributed by atoms with van der Waals surface area (Å²) in [6.07, 6.45) is 5.48. The first kappa shape index (κ1) is 16.4. The van der Waals surface area contributed by atoms with E-state index in [4.69, 9.17) is 4.74 Å². The van der Waals surface area contributed by atoms with Crippen LogP contribution in [0.5, 0.6) is 5.75 Å². The number of nitrogens with zero attached hydrogens (tertiary/aromatic N) is 3. The highest BCUT2D eigenvalue weighted by molar-refractivity contribution is 5.82. The van der Waals surface area contributed by atoms with Crippen LogP contribution in [0, 0.1) is 0 Å². The summed E-state index contributed by atoms with van der Waals surface area (Å²) in [5.41, 5.74) is 4.19. The van der Waals surface area contributed by atoms with Crippen LogP contribution in [0.3, 0.4) is 0 Å². The summed E-state index contributed by atoms with van der Waals surface area (Å²) in [6, 6.07) is 11.5. The SMILES string of the molecule is CN(C)CCOc1ccc2c(c1)[nH]c(=O)c1cc(-c3ccncc3)cn12. The van der Waals surface area contributed by atoms with Gasteiger partial charge < -0.3 is 19.0 Å². The van der Waals surface area contributed by atoms with Gasteiger partial charge in [0.2, 0.25) is 0 Å². The maximum Gasteiger partial charge on any atom is 0.272 e. The van der Waals surface area contributed by atoms with Crippen LogP contribution in [0.2, 0.25) is 0 Å². The van der Waals surface area contributed by atoms with Crippen molar-refractivity contribution in [1.29, 1.82) is 0 Å². The Labute approximate surface area is 150 Å². The van der Waals surface area contributed by atoms with E-state index in [1.807, 2.05) is 61.1 Å². The van der Waals surface area contributed by atoms with Crippen molar-refractivity contribution in [1.82, 2.24) is 19.3 Å². The molecule has 0 unspecified atom stereocenters. The maximum absolute atomic E-state index is 12.5. The molecule has 4 rings (SSSR count). The van der Waals surface area contributed by atoms with Crippen LogP contribution >= 0.6 is 0 Å². The number of ether oxygens (including phenoxy) is 1. The Balaban J connectivity index is 1.77. The lowest BCUT2D eigenvalue weighted by molar-refractivity contribution is 0.261. The zero-order chi connectivity index (χ0) is 18.1. The molecule has 0 atom stereocenters. The zero-order valence-corrected chi connectivity index (χ0v) is 14.8. The van der Waals surface area contributed by atoms with E-state index in [9.17, 15) is 4.79 Å². The summed E-state index contributed by atoms with van der Waals surface area (Å²) in [6.45, 7) is 1.43. The van der Waals surface area contributed by atoms with Gasteiger partial charge in [-0.15, -0.1) is 0 Å². The molecule has 0 aliphatic carbocycles. The lowest BCUT2D eigenvalue weighted by Gasteiger charge is -2.11. The molecule has 4 aromatic rings. The van der Waals surface area contributed by atoms with E-state index >= 15 is 0 Å². The van der Waals surface area contributed by atoms with Crippen LogP contribution in [0.4, 0.5) is 0 Å².